The maximum absolute atomic E-state index is 13.5. The van der Waals surface area contributed by atoms with E-state index in [0.29, 0.717) is 0 Å². The molecular formula is C18H19F2N5S. The van der Waals surface area contributed by atoms with Gasteiger partial charge < -0.3 is 5.32 Å². The molecule has 0 aliphatic heterocycles. The molecule has 0 radical (unpaired) electrons. The summed E-state index contributed by atoms with van der Waals surface area (Å²) in [5, 5.41) is 9.30. The van der Waals surface area contributed by atoms with Gasteiger partial charge in [0.1, 0.15) is 5.82 Å². The molecular weight excluding hydrogens is 356 g/mol. The summed E-state index contributed by atoms with van der Waals surface area (Å²) < 4.78 is 28.3. The number of rotatable bonds is 6. The molecule has 0 bridgehead atoms. The largest absolute Gasteiger partial charge is 0.366 e. The number of halogens is 2. The van der Waals surface area contributed by atoms with Crippen molar-refractivity contribution in [2.75, 3.05) is 11.1 Å². The number of fused-ring (bicyclic) bond motifs is 1. The molecule has 1 N–H and O–H groups in total. The summed E-state index contributed by atoms with van der Waals surface area (Å²) in [5.74, 6) is 0.228. The first-order valence-corrected chi connectivity index (χ1v) is 9.59. The summed E-state index contributed by atoms with van der Waals surface area (Å²) in [5.41, 5.74) is 1.59. The van der Waals surface area contributed by atoms with Crippen molar-refractivity contribution in [3.05, 3.63) is 41.6 Å². The van der Waals surface area contributed by atoms with Crippen molar-refractivity contribution >= 4 is 28.6 Å². The van der Waals surface area contributed by atoms with E-state index in [4.69, 9.17) is 0 Å². The number of nitrogens with one attached hydrogen (secondary N) is 1. The summed E-state index contributed by atoms with van der Waals surface area (Å²) in [6, 6.07) is 4.25. The lowest BCUT2D eigenvalue weighted by Gasteiger charge is -2.09. The third-order valence-electron chi connectivity index (χ3n) is 4.49. The quantitative estimate of drug-likeness (QED) is 0.519. The van der Waals surface area contributed by atoms with Crippen LogP contribution in [0.5, 0.6) is 0 Å². The van der Waals surface area contributed by atoms with Crippen LogP contribution < -0.4 is 5.32 Å². The van der Waals surface area contributed by atoms with E-state index in [1.54, 1.807) is 28.7 Å². The molecule has 0 spiro atoms. The number of anilines is 1. The van der Waals surface area contributed by atoms with E-state index in [-0.39, 0.29) is 12.0 Å². The highest BCUT2D eigenvalue weighted by atomic mass is 32.2. The van der Waals surface area contributed by atoms with Gasteiger partial charge in [-0.1, -0.05) is 24.8 Å². The van der Waals surface area contributed by atoms with Gasteiger partial charge in [-0.05, 0) is 30.5 Å². The number of thioether (sulfide) groups is 1. The molecule has 26 heavy (non-hydrogen) atoms. The van der Waals surface area contributed by atoms with Crippen molar-refractivity contribution in [3.63, 3.8) is 0 Å². The Morgan fingerprint density at radius 1 is 1.27 bits per heavy atom. The maximum Gasteiger partial charge on any atom is 0.191 e. The Kier molecular flexibility index (Phi) is 4.52. The van der Waals surface area contributed by atoms with Crippen LogP contribution in [0.1, 0.15) is 31.2 Å². The summed E-state index contributed by atoms with van der Waals surface area (Å²) >= 11 is 1.62. The lowest BCUT2D eigenvalue weighted by atomic mass is 10.1. The van der Waals surface area contributed by atoms with Crippen molar-refractivity contribution in [1.29, 1.82) is 0 Å². The molecule has 0 amide bonds. The average molecular weight is 375 g/mol. The number of nitrogens with zero attached hydrogens (tertiary/aromatic N) is 4. The van der Waals surface area contributed by atoms with Gasteiger partial charge in [-0.25, -0.2) is 18.7 Å². The molecule has 8 heteroatoms. The van der Waals surface area contributed by atoms with E-state index in [1.807, 2.05) is 7.05 Å². The third kappa shape index (κ3) is 3.25. The SMILES string of the molecule is CCCSc1nc(N[C@@H]2C[C@H]2c2ccc(F)c(F)c2)c2cnn(C)c2n1. The van der Waals surface area contributed by atoms with E-state index in [9.17, 15) is 8.78 Å². The normalized spacial score (nSPS) is 19.1. The number of aryl methyl sites for hydroxylation is 1. The number of benzene rings is 1. The Morgan fingerprint density at radius 2 is 2.12 bits per heavy atom. The van der Waals surface area contributed by atoms with Gasteiger partial charge in [0.25, 0.3) is 0 Å². The van der Waals surface area contributed by atoms with Gasteiger partial charge in [-0.15, -0.1) is 0 Å². The molecule has 1 aromatic carbocycles. The van der Waals surface area contributed by atoms with Crippen LogP contribution in [0, 0.1) is 11.6 Å². The molecule has 0 saturated heterocycles. The summed E-state index contributed by atoms with van der Waals surface area (Å²) in [6.07, 6.45) is 3.65. The van der Waals surface area contributed by atoms with Crippen LogP contribution in [-0.4, -0.2) is 31.5 Å². The zero-order valence-corrected chi connectivity index (χ0v) is 15.4. The van der Waals surface area contributed by atoms with Crippen molar-refractivity contribution < 1.29 is 8.78 Å². The standard InChI is InChI=1S/C18H19F2N5S/c1-3-6-26-18-23-16(12-9-21-25(2)17(12)24-18)22-15-8-11(15)10-4-5-13(19)14(20)7-10/h4-5,7,9,11,15H,3,6,8H2,1-2H3,(H,22,23,24)/t11-,15+/m0/s1. The molecule has 2 heterocycles. The van der Waals surface area contributed by atoms with E-state index in [2.05, 4.69) is 27.3 Å². The highest BCUT2D eigenvalue weighted by Crippen LogP contribution is 2.43. The van der Waals surface area contributed by atoms with Gasteiger partial charge in [-0.3, -0.25) is 4.68 Å². The van der Waals surface area contributed by atoms with Gasteiger partial charge in [0.05, 0.1) is 11.6 Å². The fourth-order valence-electron chi connectivity index (χ4n) is 3.01. The summed E-state index contributed by atoms with van der Waals surface area (Å²) in [4.78, 5) is 9.23. The Labute approximate surface area is 154 Å². The molecule has 1 aliphatic rings. The van der Waals surface area contributed by atoms with Crippen LogP contribution in [0.4, 0.5) is 14.6 Å². The number of aromatic nitrogens is 4. The highest BCUT2D eigenvalue weighted by molar-refractivity contribution is 7.99. The van der Waals surface area contributed by atoms with Gasteiger partial charge in [0.2, 0.25) is 0 Å². The lowest BCUT2D eigenvalue weighted by molar-refractivity contribution is 0.507. The number of hydrogen-bond donors (Lipinski definition) is 1. The molecule has 1 aliphatic carbocycles. The third-order valence-corrected chi connectivity index (χ3v) is 5.54. The van der Waals surface area contributed by atoms with Gasteiger partial charge in [0.15, 0.2) is 22.4 Å². The van der Waals surface area contributed by atoms with Crippen molar-refractivity contribution in [2.24, 2.45) is 7.05 Å². The van der Waals surface area contributed by atoms with Crippen LogP contribution in [0.15, 0.2) is 29.6 Å². The fourth-order valence-corrected chi connectivity index (χ4v) is 3.71. The second kappa shape index (κ2) is 6.83. The molecule has 3 aromatic rings. The average Bonchev–Trinajstić information content (AvgIpc) is 3.29. The first-order valence-electron chi connectivity index (χ1n) is 8.61. The van der Waals surface area contributed by atoms with Crippen LogP contribution in [0.25, 0.3) is 11.0 Å². The Morgan fingerprint density at radius 3 is 2.88 bits per heavy atom. The van der Waals surface area contributed by atoms with Crippen molar-refractivity contribution in [3.8, 4) is 0 Å². The topological polar surface area (TPSA) is 55.6 Å². The molecule has 5 nitrogen and oxygen atoms in total. The number of hydrogen-bond acceptors (Lipinski definition) is 5. The summed E-state index contributed by atoms with van der Waals surface area (Å²) in [6.45, 7) is 2.12. The molecule has 0 unspecified atom stereocenters. The minimum absolute atomic E-state index is 0.141. The second-order valence-electron chi connectivity index (χ2n) is 6.48. The van der Waals surface area contributed by atoms with Gasteiger partial charge >= 0.3 is 0 Å². The molecule has 136 valence electrons. The summed E-state index contributed by atoms with van der Waals surface area (Å²) in [7, 11) is 1.86. The van der Waals surface area contributed by atoms with E-state index in [0.717, 1.165) is 46.2 Å². The zero-order chi connectivity index (χ0) is 18.3. The maximum atomic E-state index is 13.5. The van der Waals surface area contributed by atoms with Crippen LogP contribution >= 0.6 is 11.8 Å². The van der Waals surface area contributed by atoms with Crippen LogP contribution in [-0.2, 0) is 7.05 Å². The van der Waals surface area contributed by atoms with Crippen LogP contribution in [0.2, 0.25) is 0 Å². The first-order chi connectivity index (χ1) is 12.6. The van der Waals surface area contributed by atoms with E-state index >= 15 is 0 Å². The first kappa shape index (κ1) is 17.2. The molecule has 4 rings (SSSR count). The highest BCUT2D eigenvalue weighted by Gasteiger charge is 2.39. The van der Waals surface area contributed by atoms with Crippen molar-refractivity contribution in [1.82, 2.24) is 19.7 Å². The second-order valence-corrected chi connectivity index (χ2v) is 7.54. The van der Waals surface area contributed by atoms with Gasteiger partial charge in [-0.2, -0.15) is 5.10 Å². The Hall–Kier alpha value is -2.22. The molecule has 2 atom stereocenters. The van der Waals surface area contributed by atoms with Crippen molar-refractivity contribution in [2.45, 2.75) is 36.9 Å². The predicted octanol–water partition coefficient (Wildman–Crippen LogP) is 4.11. The van der Waals surface area contributed by atoms with E-state index in [1.165, 1.54) is 12.1 Å². The smallest absolute Gasteiger partial charge is 0.191 e. The Balaban J connectivity index is 1.58. The predicted molar refractivity (Wildman–Crippen MR) is 98.4 cm³/mol. The van der Waals surface area contributed by atoms with E-state index < -0.39 is 11.6 Å². The lowest BCUT2D eigenvalue weighted by Crippen LogP contribution is -2.08. The fraction of sp³-hybridized carbons (Fsp3) is 0.389. The minimum atomic E-state index is -0.815. The monoisotopic (exact) mass is 375 g/mol. The zero-order valence-electron chi connectivity index (χ0n) is 14.5. The molecule has 1 fully saturated rings. The van der Waals surface area contributed by atoms with Crippen LogP contribution in [0.3, 0.4) is 0 Å². The Bertz CT molecular complexity index is 958. The minimum Gasteiger partial charge on any atom is -0.366 e. The molecule has 2 aromatic heterocycles. The van der Waals surface area contributed by atoms with Gasteiger partial charge in [0, 0.05) is 24.8 Å². The molecule has 1 saturated carbocycles.